The number of hydrogen-bond acceptors (Lipinski definition) is 2. The van der Waals surface area contributed by atoms with Crippen LogP contribution in [0.2, 0.25) is 0 Å². The minimum Gasteiger partial charge on any atom is -0.385 e. The summed E-state index contributed by atoms with van der Waals surface area (Å²) in [4.78, 5) is 4.17. The van der Waals surface area contributed by atoms with Crippen molar-refractivity contribution in [3.8, 4) is 0 Å². The number of nitrogens with zero attached hydrogens (tertiary/aromatic N) is 1. The van der Waals surface area contributed by atoms with E-state index in [4.69, 9.17) is 0 Å². The molecule has 100 valence electrons. The monoisotopic (exact) mass is 255 g/mol. The molecule has 1 heterocycles. The summed E-state index contributed by atoms with van der Waals surface area (Å²) < 4.78 is 0. The van der Waals surface area contributed by atoms with E-state index < -0.39 is 5.60 Å². The third kappa shape index (κ3) is 2.25. The zero-order chi connectivity index (χ0) is 13.3. The highest BCUT2D eigenvalue weighted by Crippen LogP contribution is 2.43. The Balaban J connectivity index is 2.07. The van der Waals surface area contributed by atoms with Crippen LogP contribution in [-0.4, -0.2) is 10.1 Å². The molecule has 1 fully saturated rings. The van der Waals surface area contributed by atoms with Crippen molar-refractivity contribution in [1.82, 2.24) is 4.98 Å². The second-order valence-electron chi connectivity index (χ2n) is 5.80. The fraction of sp³-hybridized carbons (Fsp3) is 0.471. The lowest BCUT2D eigenvalue weighted by Gasteiger charge is -2.37. The smallest absolute Gasteiger partial charge is 0.0905 e. The Hall–Kier alpha value is -1.41. The molecule has 0 bridgehead atoms. The summed E-state index contributed by atoms with van der Waals surface area (Å²) in [6.07, 6.45) is 9.00. The lowest BCUT2D eigenvalue weighted by Crippen LogP contribution is -2.32. The molecule has 2 aromatic rings. The predicted molar refractivity (Wildman–Crippen MR) is 77.9 cm³/mol. The average molecular weight is 255 g/mol. The van der Waals surface area contributed by atoms with Crippen molar-refractivity contribution in [2.24, 2.45) is 5.92 Å². The van der Waals surface area contributed by atoms with Gasteiger partial charge in [-0.3, -0.25) is 4.98 Å². The topological polar surface area (TPSA) is 33.1 Å². The van der Waals surface area contributed by atoms with Crippen LogP contribution < -0.4 is 0 Å². The number of rotatable bonds is 2. The van der Waals surface area contributed by atoms with E-state index in [1.54, 1.807) is 0 Å². The number of hydrogen-bond donors (Lipinski definition) is 1. The van der Waals surface area contributed by atoms with E-state index >= 15 is 0 Å². The van der Waals surface area contributed by atoms with Crippen LogP contribution in [0.1, 0.15) is 44.6 Å². The van der Waals surface area contributed by atoms with Gasteiger partial charge in [-0.1, -0.05) is 38.0 Å². The third-order valence-corrected chi connectivity index (χ3v) is 4.59. The Labute approximate surface area is 114 Å². The molecule has 1 aromatic carbocycles. The van der Waals surface area contributed by atoms with Crippen molar-refractivity contribution in [2.75, 3.05) is 0 Å². The van der Waals surface area contributed by atoms with Crippen molar-refractivity contribution in [3.63, 3.8) is 0 Å². The Morgan fingerprint density at radius 1 is 1.37 bits per heavy atom. The van der Waals surface area contributed by atoms with Crippen LogP contribution in [0.3, 0.4) is 0 Å². The van der Waals surface area contributed by atoms with Gasteiger partial charge in [0.1, 0.15) is 0 Å². The van der Waals surface area contributed by atoms with E-state index in [9.17, 15) is 5.11 Å². The van der Waals surface area contributed by atoms with Gasteiger partial charge in [0, 0.05) is 17.8 Å². The van der Waals surface area contributed by atoms with Crippen molar-refractivity contribution in [2.45, 2.75) is 44.6 Å². The maximum atomic E-state index is 11.1. The Morgan fingerprint density at radius 3 is 3.11 bits per heavy atom. The minimum absolute atomic E-state index is 0.649. The van der Waals surface area contributed by atoms with Gasteiger partial charge in [-0.2, -0.15) is 0 Å². The molecule has 19 heavy (non-hydrogen) atoms. The molecule has 2 atom stereocenters. The highest BCUT2D eigenvalue weighted by molar-refractivity contribution is 5.85. The molecular weight excluding hydrogens is 234 g/mol. The molecule has 1 aliphatic rings. The summed E-state index contributed by atoms with van der Waals surface area (Å²) >= 11 is 0. The highest BCUT2D eigenvalue weighted by Gasteiger charge is 2.36. The first kappa shape index (κ1) is 12.6. The van der Waals surface area contributed by atoms with E-state index in [1.165, 1.54) is 6.42 Å². The molecule has 3 rings (SSSR count). The van der Waals surface area contributed by atoms with Crippen molar-refractivity contribution in [3.05, 3.63) is 42.2 Å². The summed E-state index contributed by atoms with van der Waals surface area (Å²) in [5, 5.41) is 13.4. The van der Waals surface area contributed by atoms with Crippen LogP contribution in [0.25, 0.3) is 10.8 Å². The SMILES string of the molecule is CCC1CCCC(O)(c2cccc3cnccc23)C1. The molecule has 1 aromatic heterocycles. The zero-order valence-corrected chi connectivity index (χ0v) is 11.5. The van der Waals surface area contributed by atoms with Crippen LogP contribution >= 0.6 is 0 Å². The van der Waals surface area contributed by atoms with E-state index in [2.05, 4.69) is 24.0 Å². The van der Waals surface area contributed by atoms with Crippen LogP contribution in [0.5, 0.6) is 0 Å². The number of fused-ring (bicyclic) bond motifs is 1. The summed E-state index contributed by atoms with van der Waals surface area (Å²) in [6, 6.07) is 8.21. The molecule has 1 N–H and O–H groups in total. The van der Waals surface area contributed by atoms with E-state index in [1.807, 2.05) is 24.5 Å². The van der Waals surface area contributed by atoms with Crippen molar-refractivity contribution < 1.29 is 5.11 Å². The van der Waals surface area contributed by atoms with Crippen molar-refractivity contribution >= 4 is 10.8 Å². The van der Waals surface area contributed by atoms with Gasteiger partial charge in [-0.05, 0) is 42.2 Å². The molecule has 0 aliphatic heterocycles. The molecule has 0 saturated heterocycles. The van der Waals surface area contributed by atoms with Crippen molar-refractivity contribution in [1.29, 1.82) is 0 Å². The molecular formula is C17H21NO. The van der Waals surface area contributed by atoms with Gasteiger partial charge in [0.15, 0.2) is 0 Å². The van der Waals surface area contributed by atoms with Gasteiger partial charge < -0.3 is 5.11 Å². The first-order chi connectivity index (χ1) is 9.23. The Kier molecular flexibility index (Phi) is 3.28. The second kappa shape index (κ2) is 4.93. The maximum absolute atomic E-state index is 11.1. The number of benzene rings is 1. The largest absolute Gasteiger partial charge is 0.385 e. The fourth-order valence-electron chi connectivity index (χ4n) is 3.49. The van der Waals surface area contributed by atoms with Gasteiger partial charge in [-0.15, -0.1) is 0 Å². The molecule has 0 radical (unpaired) electrons. The fourth-order valence-corrected chi connectivity index (χ4v) is 3.49. The summed E-state index contributed by atoms with van der Waals surface area (Å²) in [5.74, 6) is 0.649. The number of pyridine rings is 1. The highest BCUT2D eigenvalue weighted by atomic mass is 16.3. The molecule has 0 amide bonds. The van der Waals surface area contributed by atoms with E-state index in [-0.39, 0.29) is 0 Å². The van der Waals surface area contributed by atoms with Gasteiger partial charge in [-0.25, -0.2) is 0 Å². The molecule has 2 unspecified atom stereocenters. The predicted octanol–water partition coefficient (Wildman–Crippen LogP) is 4.02. The molecule has 2 heteroatoms. The summed E-state index contributed by atoms with van der Waals surface area (Å²) in [5.41, 5.74) is 0.435. The maximum Gasteiger partial charge on any atom is 0.0905 e. The van der Waals surface area contributed by atoms with E-state index in [0.717, 1.165) is 42.0 Å². The Morgan fingerprint density at radius 2 is 2.26 bits per heavy atom. The summed E-state index contributed by atoms with van der Waals surface area (Å²) in [7, 11) is 0. The van der Waals surface area contributed by atoms with Gasteiger partial charge in [0.05, 0.1) is 5.60 Å². The Bertz CT molecular complexity index is 575. The van der Waals surface area contributed by atoms with Gasteiger partial charge in [0.25, 0.3) is 0 Å². The van der Waals surface area contributed by atoms with Crippen LogP contribution in [-0.2, 0) is 5.60 Å². The number of aromatic nitrogens is 1. The minimum atomic E-state index is -0.653. The molecule has 1 aliphatic carbocycles. The third-order valence-electron chi connectivity index (χ3n) is 4.59. The van der Waals surface area contributed by atoms with Crippen LogP contribution in [0.15, 0.2) is 36.7 Å². The zero-order valence-electron chi connectivity index (χ0n) is 11.5. The van der Waals surface area contributed by atoms with Crippen LogP contribution in [0.4, 0.5) is 0 Å². The quantitative estimate of drug-likeness (QED) is 0.879. The normalized spacial score (nSPS) is 27.6. The number of aliphatic hydroxyl groups is 1. The standard InChI is InChI=1S/C17H21NO/c1-2-13-5-4-9-17(19,11-13)16-7-3-6-14-12-18-10-8-15(14)16/h3,6-8,10,12-13,19H,2,4-5,9,11H2,1H3. The second-order valence-corrected chi connectivity index (χ2v) is 5.80. The average Bonchev–Trinajstić information content (AvgIpc) is 2.46. The molecule has 1 saturated carbocycles. The van der Waals surface area contributed by atoms with Gasteiger partial charge >= 0.3 is 0 Å². The van der Waals surface area contributed by atoms with Crippen LogP contribution in [0, 0.1) is 5.92 Å². The lowest BCUT2D eigenvalue weighted by molar-refractivity contribution is -0.0204. The first-order valence-electron chi connectivity index (χ1n) is 7.28. The summed E-state index contributed by atoms with van der Waals surface area (Å²) in [6.45, 7) is 2.23. The van der Waals surface area contributed by atoms with Gasteiger partial charge in [0.2, 0.25) is 0 Å². The van der Waals surface area contributed by atoms with E-state index in [0.29, 0.717) is 5.92 Å². The first-order valence-corrected chi connectivity index (χ1v) is 7.28. The lowest BCUT2D eigenvalue weighted by atomic mass is 9.72. The molecule has 2 nitrogen and oxygen atoms in total. The molecule has 0 spiro atoms.